The lowest BCUT2D eigenvalue weighted by Crippen LogP contribution is -2.21. The molecular weight excluding hydrogens is 162 g/mol. The van der Waals surface area contributed by atoms with Gasteiger partial charge in [-0.05, 0) is 38.1 Å². The summed E-state index contributed by atoms with van der Waals surface area (Å²) < 4.78 is 5.10. The van der Waals surface area contributed by atoms with E-state index in [1.54, 1.807) is 7.11 Å². The van der Waals surface area contributed by atoms with E-state index in [2.05, 4.69) is 30.9 Å². The first kappa shape index (κ1) is 9.90. The molecule has 0 aromatic heterocycles. The Bertz CT molecular complexity index is 239. The van der Waals surface area contributed by atoms with Crippen LogP contribution in [0.25, 0.3) is 0 Å². The van der Waals surface area contributed by atoms with E-state index in [1.165, 1.54) is 5.69 Å². The molecule has 1 rings (SSSR count). The fraction of sp³-hybridized carbons (Fsp3) is 0.455. The summed E-state index contributed by atoms with van der Waals surface area (Å²) in [5.41, 5.74) is 1.26. The van der Waals surface area contributed by atoms with Crippen LogP contribution in [-0.4, -0.2) is 20.2 Å². The highest BCUT2D eigenvalue weighted by Gasteiger charge is 2.00. The normalized spacial score (nSPS) is 9.77. The van der Waals surface area contributed by atoms with Crippen molar-refractivity contribution in [3.8, 4) is 5.75 Å². The molecule has 0 saturated carbocycles. The third-order valence-electron chi connectivity index (χ3n) is 2.20. The lowest BCUT2D eigenvalue weighted by Gasteiger charge is -2.20. The van der Waals surface area contributed by atoms with E-state index >= 15 is 0 Å². The zero-order valence-corrected chi connectivity index (χ0v) is 8.58. The lowest BCUT2D eigenvalue weighted by molar-refractivity contribution is 0.415. The van der Waals surface area contributed by atoms with Gasteiger partial charge in [0.25, 0.3) is 0 Å². The van der Waals surface area contributed by atoms with Crippen LogP contribution in [0.15, 0.2) is 24.3 Å². The van der Waals surface area contributed by atoms with Gasteiger partial charge >= 0.3 is 0 Å². The number of nitrogens with zero attached hydrogens (tertiary/aromatic N) is 1. The van der Waals surface area contributed by atoms with Gasteiger partial charge in [-0.15, -0.1) is 0 Å². The molecule has 1 aromatic carbocycles. The summed E-state index contributed by atoms with van der Waals surface area (Å²) in [5, 5.41) is 0. The number of hydrogen-bond acceptors (Lipinski definition) is 2. The zero-order chi connectivity index (χ0) is 9.68. The van der Waals surface area contributed by atoms with Crippen molar-refractivity contribution in [1.29, 1.82) is 0 Å². The number of anilines is 1. The highest BCUT2D eigenvalue weighted by atomic mass is 16.5. The summed E-state index contributed by atoms with van der Waals surface area (Å²) in [6.45, 7) is 6.41. The molecular formula is C11H17NO. The van der Waals surface area contributed by atoms with E-state index in [0.29, 0.717) is 0 Å². The van der Waals surface area contributed by atoms with Crippen molar-refractivity contribution in [2.45, 2.75) is 13.8 Å². The average Bonchev–Trinajstić information content (AvgIpc) is 2.21. The standard InChI is InChI=1S/C11H17NO/c1-4-12(5-2)10-6-8-11(13-3)9-7-10/h6-9H,4-5H2,1-3H3. The second-order valence-electron chi connectivity index (χ2n) is 2.87. The van der Waals surface area contributed by atoms with Crippen molar-refractivity contribution in [3.63, 3.8) is 0 Å². The van der Waals surface area contributed by atoms with Crippen molar-refractivity contribution in [3.05, 3.63) is 24.3 Å². The van der Waals surface area contributed by atoms with Crippen molar-refractivity contribution in [2.24, 2.45) is 0 Å². The molecule has 0 amide bonds. The average molecular weight is 179 g/mol. The van der Waals surface area contributed by atoms with Crippen LogP contribution < -0.4 is 9.64 Å². The molecule has 0 aliphatic heterocycles. The minimum absolute atomic E-state index is 0.913. The first-order valence-corrected chi connectivity index (χ1v) is 4.70. The lowest BCUT2D eigenvalue weighted by atomic mass is 10.2. The van der Waals surface area contributed by atoms with Crippen LogP contribution >= 0.6 is 0 Å². The predicted octanol–water partition coefficient (Wildman–Crippen LogP) is 2.54. The van der Waals surface area contributed by atoms with Crippen LogP contribution in [-0.2, 0) is 0 Å². The van der Waals surface area contributed by atoms with E-state index in [4.69, 9.17) is 4.74 Å². The molecule has 0 saturated heterocycles. The smallest absolute Gasteiger partial charge is 0.119 e. The van der Waals surface area contributed by atoms with Crippen molar-refractivity contribution < 1.29 is 4.74 Å². The number of rotatable bonds is 4. The van der Waals surface area contributed by atoms with Gasteiger partial charge < -0.3 is 9.64 Å². The third kappa shape index (κ3) is 2.38. The van der Waals surface area contributed by atoms with Gasteiger partial charge in [-0.3, -0.25) is 0 Å². The minimum Gasteiger partial charge on any atom is -0.497 e. The molecule has 0 heterocycles. The molecule has 0 fully saturated rings. The monoisotopic (exact) mass is 179 g/mol. The van der Waals surface area contributed by atoms with E-state index in [9.17, 15) is 0 Å². The summed E-state index contributed by atoms with van der Waals surface area (Å²) >= 11 is 0. The van der Waals surface area contributed by atoms with E-state index < -0.39 is 0 Å². The second kappa shape index (κ2) is 4.75. The molecule has 2 nitrogen and oxygen atoms in total. The highest BCUT2D eigenvalue weighted by molar-refractivity contribution is 5.48. The Morgan fingerprint density at radius 1 is 1.08 bits per heavy atom. The summed E-state index contributed by atoms with van der Waals surface area (Å²) in [6, 6.07) is 8.17. The Morgan fingerprint density at radius 2 is 1.62 bits per heavy atom. The molecule has 0 aliphatic carbocycles. The van der Waals surface area contributed by atoms with Gasteiger partial charge in [0.05, 0.1) is 7.11 Å². The molecule has 72 valence electrons. The van der Waals surface area contributed by atoms with Gasteiger partial charge in [-0.2, -0.15) is 0 Å². The Balaban J connectivity index is 2.78. The van der Waals surface area contributed by atoms with Gasteiger partial charge in [-0.25, -0.2) is 0 Å². The van der Waals surface area contributed by atoms with Crippen molar-refractivity contribution in [2.75, 3.05) is 25.1 Å². The molecule has 0 spiro atoms. The van der Waals surface area contributed by atoms with Gasteiger partial charge in [0.15, 0.2) is 0 Å². The van der Waals surface area contributed by atoms with Crippen molar-refractivity contribution in [1.82, 2.24) is 0 Å². The van der Waals surface area contributed by atoms with Crippen LogP contribution in [0.3, 0.4) is 0 Å². The van der Waals surface area contributed by atoms with Crippen LogP contribution in [0.1, 0.15) is 13.8 Å². The fourth-order valence-electron chi connectivity index (χ4n) is 1.38. The molecule has 1 aromatic rings. The van der Waals surface area contributed by atoms with Crippen LogP contribution in [0.5, 0.6) is 5.75 Å². The Hall–Kier alpha value is -1.18. The van der Waals surface area contributed by atoms with Gasteiger partial charge in [-0.1, -0.05) is 0 Å². The molecule has 0 radical (unpaired) electrons. The first-order valence-electron chi connectivity index (χ1n) is 4.70. The van der Waals surface area contributed by atoms with Gasteiger partial charge in [0.1, 0.15) is 5.75 Å². The highest BCUT2D eigenvalue weighted by Crippen LogP contribution is 2.18. The number of ether oxygens (including phenoxy) is 1. The quantitative estimate of drug-likeness (QED) is 0.704. The predicted molar refractivity (Wildman–Crippen MR) is 56.6 cm³/mol. The van der Waals surface area contributed by atoms with Crippen LogP contribution in [0.4, 0.5) is 5.69 Å². The van der Waals surface area contributed by atoms with Crippen molar-refractivity contribution >= 4 is 5.69 Å². The maximum Gasteiger partial charge on any atom is 0.119 e. The molecule has 13 heavy (non-hydrogen) atoms. The fourth-order valence-corrected chi connectivity index (χ4v) is 1.38. The zero-order valence-electron chi connectivity index (χ0n) is 8.58. The number of methoxy groups -OCH3 is 1. The topological polar surface area (TPSA) is 12.5 Å². The van der Waals surface area contributed by atoms with Crippen LogP contribution in [0, 0.1) is 0 Å². The largest absolute Gasteiger partial charge is 0.497 e. The molecule has 0 atom stereocenters. The molecule has 0 aliphatic rings. The molecule has 2 heteroatoms. The van der Waals surface area contributed by atoms with E-state index in [0.717, 1.165) is 18.8 Å². The SMILES string of the molecule is CCN(CC)c1ccc(OC)cc1. The summed E-state index contributed by atoms with van der Waals surface area (Å²) in [4.78, 5) is 2.30. The van der Waals surface area contributed by atoms with E-state index in [1.807, 2.05) is 12.1 Å². The molecule has 0 unspecified atom stereocenters. The number of benzene rings is 1. The summed E-state index contributed by atoms with van der Waals surface area (Å²) in [6.07, 6.45) is 0. The summed E-state index contributed by atoms with van der Waals surface area (Å²) in [7, 11) is 1.69. The van der Waals surface area contributed by atoms with Crippen LogP contribution in [0.2, 0.25) is 0 Å². The second-order valence-corrected chi connectivity index (χ2v) is 2.87. The molecule has 0 bridgehead atoms. The molecule has 0 N–H and O–H groups in total. The maximum absolute atomic E-state index is 5.10. The van der Waals surface area contributed by atoms with Gasteiger partial charge in [0, 0.05) is 18.8 Å². The Kier molecular flexibility index (Phi) is 3.62. The Labute approximate surface area is 80.1 Å². The first-order chi connectivity index (χ1) is 6.31. The Morgan fingerprint density at radius 3 is 2.00 bits per heavy atom. The summed E-state index contributed by atoms with van der Waals surface area (Å²) in [5.74, 6) is 0.913. The van der Waals surface area contributed by atoms with Gasteiger partial charge in [0.2, 0.25) is 0 Å². The third-order valence-corrected chi connectivity index (χ3v) is 2.20. The minimum atomic E-state index is 0.913. The van der Waals surface area contributed by atoms with E-state index in [-0.39, 0.29) is 0 Å². The number of hydrogen-bond donors (Lipinski definition) is 0. The maximum atomic E-state index is 5.10.